The Kier molecular flexibility index (Phi) is 5.08. The van der Waals surface area contributed by atoms with Crippen LogP contribution in [0.25, 0.3) is 0 Å². The fourth-order valence-electron chi connectivity index (χ4n) is 1.53. The number of nitrogens with zero attached hydrogens (tertiary/aromatic N) is 3. The van der Waals surface area contributed by atoms with E-state index in [4.69, 9.17) is 4.74 Å². The van der Waals surface area contributed by atoms with Crippen LogP contribution in [0, 0.1) is 16.0 Å². The third-order valence-electron chi connectivity index (χ3n) is 2.63. The fraction of sp³-hybridized carbons (Fsp3) is 0.727. The number of hydrogen-bond donors (Lipinski definition) is 1. The van der Waals surface area contributed by atoms with E-state index in [1.54, 1.807) is 7.05 Å². The molecule has 1 heterocycles. The van der Waals surface area contributed by atoms with E-state index < -0.39 is 4.92 Å². The van der Waals surface area contributed by atoms with E-state index in [-0.39, 0.29) is 17.6 Å². The first kappa shape index (κ1) is 14.4. The van der Waals surface area contributed by atoms with Gasteiger partial charge >= 0.3 is 5.69 Å². The lowest BCUT2D eigenvalue weighted by atomic mass is 10.1. The van der Waals surface area contributed by atoms with Crippen LogP contribution < -0.4 is 5.32 Å². The lowest BCUT2D eigenvalue weighted by Gasteiger charge is -2.21. The Morgan fingerprint density at radius 1 is 1.61 bits per heavy atom. The van der Waals surface area contributed by atoms with Crippen LogP contribution in [-0.2, 0) is 11.8 Å². The number of anilines is 1. The molecule has 7 heteroatoms. The zero-order valence-corrected chi connectivity index (χ0v) is 11.2. The molecule has 0 bridgehead atoms. The molecule has 0 aromatic carbocycles. The van der Waals surface area contributed by atoms with Gasteiger partial charge < -0.3 is 10.1 Å². The van der Waals surface area contributed by atoms with Crippen LogP contribution in [0.15, 0.2) is 6.20 Å². The molecule has 18 heavy (non-hydrogen) atoms. The molecule has 1 rings (SSSR count). The second-order valence-electron chi connectivity index (χ2n) is 4.45. The second kappa shape index (κ2) is 6.34. The van der Waals surface area contributed by atoms with Gasteiger partial charge in [0.2, 0.25) is 5.82 Å². The van der Waals surface area contributed by atoms with Gasteiger partial charge in [-0.3, -0.25) is 14.8 Å². The van der Waals surface area contributed by atoms with Crippen LogP contribution in [0.1, 0.15) is 20.8 Å². The Labute approximate surface area is 106 Å². The van der Waals surface area contributed by atoms with Crippen LogP contribution in [0.4, 0.5) is 11.5 Å². The van der Waals surface area contributed by atoms with Crippen LogP contribution in [0.5, 0.6) is 0 Å². The summed E-state index contributed by atoms with van der Waals surface area (Å²) in [5, 5.41) is 18.0. The Morgan fingerprint density at radius 3 is 2.78 bits per heavy atom. The first-order valence-corrected chi connectivity index (χ1v) is 5.98. The molecule has 7 nitrogen and oxygen atoms in total. The van der Waals surface area contributed by atoms with Gasteiger partial charge in [0.15, 0.2) is 0 Å². The van der Waals surface area contributed by atoms with Crippen LogP contribution in [-0.4, -0.2) is 34.0 Å². The third-order valence-corrected chi connectivity index (χ3v) is 2.63. The Balaban J connectivity index is 2.82. The topological polar surface area (TPSA) is 82.2 Å². The SMILES string of the molecule is CCOCC(Nc1nn(C)cc1[N+](=O)[O-])C(C)C. The second-order valence-corrected chi connectivity index (χ2v) is 4.45. The van der Waals surface area contributed by atoms with Crippen molar-refractivity contribution in [3.63, 3.8) is 0 Å². The summed E-state index contributed by atoms with van der Waals surface area (Å²) < 4.78 is 6.80. The number of nitrogens with one attached hydrogen (secondary N) is 1. The van der Waals surface area contributed by atoms with E-state index in [2.05, 4.69) is 10.4 Å². The molecule has 0 aliphatic rings. The van der Waals surface area contributed by atoms with E-state index in [1.807, 2.05) is 20.8 Å². The van der Waals surface area contributed by atoms with Crippen molar-refractivity contribution in [1.29, 1.82) is 0 Å². The quantitative estimate of drug-likeness (QED) is 0.594. The van der Waals surface area contributed by atoms with Crippen molar-refractivity contribution in [3.05, 3.63) is 16.3 Å². The fourth-order valence-corrected chi connectivity index (χ4v) is 1.53. The third kappa shape index (κ3) is 3.69. The molecule has 0 saturated heterocycles. The summed E-state index contributed by atoms with van der Waals surface area (Å²) in [5.41, 5.74) is -0.0142. The summed E-state index contributed by atoms with van der Waals surface area (Å²) in [6.07, 6.45) is 1.39. The molecule has 0 aliphatic heterocycles. The predicted octanol–water partition coefficient (Wildman–Crippen LogP) is 1.80. The number of hydrogen-bond acceptors (Lipinski definition) is 5. The molecule has 1 aromatic rings. The van der Waals surface area contributed by atoms with Crippen LogP contribution in [0.2, 0.25) is 0 Å². The minimum atomic E-state index is -0.437. The van der Waals surface area contributed by atoms with Crippen molar-refractivity contribution in [2.45, 2.75) is 26.8 Å². The number of nitro groups is 1. The van der Waals surface area contributed by atoms with Gasteiger partial charge in [-0.15, -0.1) is 5.10 Å². The van der Waals surface area contributed by atoms with Crippen molar-refractivity contribution in [3.8, 4) is 0 Å². The van der Waals surface area contributed by atoms with E-state index in [0.717, 1.165) is 0 Å². The highest BCUT2D eigenvalue weighted by Gasteiger charge is 2.22. The molecule has 0 spiro atoms. The maximum atomic E-state index is 10.9. The zero-order valence-electron chi connectivity index (χ0n) is 11.2. The number of aromatic nitrogens is 2. The zero-order chi connectivity index (χ0) is 13.7. The van der Waals surface area contributed by atoms with Crippen molar-refractivity contribution in [1.82, 2.24) is 9.78 Å². The first-order chi connectivity index (χ1) is 8.45. The van der Waals surface area contributed by atoms with Gasteiger partial charge in [0.1, 0.15) is 6.20 Å². The Morgan fingerprint density at radius 2 is 2.28 bits per heavy atom. The van der Waals surface area contributed by atoms with Gasteiger partial charge in [-0.05, 0) is 12.8 Å². The Hall–Kier alpha value is -1.63. The summed E-state index contributed by atoms with van der Waals surface area (Å²) in [4.78, 5) is 10.4. The van der Waals surface area contributed by atoms with Crippen LogP contribution >= 0.6 is 0 Å². The minimum absolute atomic E-state index is 0.00134. The molecule has 0 fully saturated rings. The van der Waals surface area contributed by atoms with Crippen molar-refractivity contribution in [2.75, 3.05) is 18.5 Å². The smallest absolute Gasteiger partial charge is 0.330 e. The van der Waals surface area contributed by atoms with E-state index in [9.17, 15) is 10.1 Å². The highest BCUT2D eigenvalue weighted by atomic mass is 16.6. The molecule has 0 amide bonds. The number of rotatable bonds is 7. The Bertz CT molecular complexity index is 403. The van der Waals surface area contributed by atoms with Gasteiger partial charge in [-0.1, -0.05) is 13.8 Å². The van der Waals surface area contributed by atoms with E-state index in [0.29, 0.717) is 19.0 Å². The highest BCUT2D eigenvalue weighted by molar-refractivity contribution is 5.55. The maximum absolute atomic E-state index is 10.9. The summed E-state index contributed by atoms with van der Waals surface area (Å²) in [7, 11) is 1.66. The predicted molar refractivity (Wildman–Crippen MR) is 68.6 cm³/mol. The largest absolute Gasteiger partial charge is 0.380 e. The number of aryl methyl sites for hydroxylation is 1. The molecule has 1 aromatic heterocycles. The van der Waals surface area contributed by atoms with Crippen molar-refractivity contribution < 1.29 is 9.66 Å². The molecule has 0 saturated carbocycles. The van der Waals surface area contributed by atoms with Gasteiger partial charge in [0, 0.05) is 13.7 Å². The van der Waals surface area contributed by atoms with Crippen molar-refractivity contribution in [2.24, 2.45) is 13.0 Å². The molecular formula is C11H20N4O3. The lowest BCUT2D eigenvalue weighted by molar-refractivity contribution is -0.384. The summed E-state index contributed by atoms with van der Waals surface area (Å²) in [6, 6.07) is -0.00134. The van der Waals surface area contributed by atoms with Gasteiger partial charge in [0.25, 0.3) is 0 Å². The molecular weight excluding hydrogens is 236 g/mol. The molecule has 1 unspecified atom stereocenters. The average Bonchev–Trinajstić information content (AvgIpc) is 2.65. The first-order valence-electron chi connectivity index (χ1n) is 5.98. The van der Waals surface area contributed by atoms with Crippen LogP contribution in [0.3, 0.4) is 0 Å². The highest BCUT2D eigenvalue weighted by Crippen LogP contribution is 2.23. The molecule has 1 atom stereocenters. The normalized spacial score (nSPS) is 12.7. The summed E-state index contributed by atoms with van der Waals surface area (Å²) >= 11 is 0. The average molecular weight is 256 g/mol. The molecule has 0 aliphatic carbocycles. The van der Waals surface area contributed by atoms with Gasteiger partial charge in [0.05, 0.1) is 17.6 Å². The van der Waals surface area contributed by atoms with Crippen molar-refractivity contribution >= 4 is 11.5 Å². The van der Waals surface area contributed by atoms with Gasteiger partial charge in [-0.2, -0.15) is 0 Å². The molecule has 1 N–H and O–H groups in total. The standard InChI is InChI=1S/C11H20N4O3/c1-5-18-7-9(8(2)3)12-11-10(15(16)17)6-14(4)13-11/h6,8-9H,5,7H2,1-4H3,(H,12,13). The maximum Gasteiger partial charge on any atom is 0.330 e. The lowest BCUT2D eigenvalue weighted by Crippen LogP contribution is -2.31. The minimum Gasteiger partial charge on any atom is -0.380 e. The van der Waals surface area contributed by atoms with E-state index in [1.165, 1.54) is 10.9 Å². The summed E-state index contributed by atoms with van der Waals surface area (Å²) in [6.45, 7) is 7.11. The molecule has 102 valence electrons. The number of ether oxygens (including phenoxy) is 1. The summed E-state index contributed by atoms with van der Waals surface area (Å²) in [5.74, 6) is 0.582. The van der Waals surface area contributed by atoms with Gasteiger partial charge in [-0.25, -0.2) is 0 Å². The monoisotopic (exact) mass is 256 g/mol. The molecule has 0 radical (unpaired) electrons. The van der Waals surface area contributed by atoms with E-state index >= 15 is 0 Å².